The molecule has 0 fully saturated rings. The number of benzene rings is 1. The summed E-state index contributed by atoms with van der Waals surface area (Å²) in [5.41, 5.74) is 2.36. The van der Waals surface area contributed by atoms with Crippen molar-refractivity contribution in [3.05, 3.63) is 42.1 Å². The van der Waals surface area contributed by atoms with E-state index in [1.807, 2.05) is 20.2 Å². The zero-order valence-electron chi connectivity index (χ0n) is 13.8. The van der Waals surface area contributed by atoms with Crippen molar-refractivity contribution in [3.8, 4) is 0 Å². The Bertz CT molecular complexity index is 578. The molecule has 2 N–H and O–H groups in total. The Labute approximate surface area is 132 Å². The highest BCUT2D eigenvalue weighted by atomic mass is 15.2. The van der Waals surface area contributed by atoms with Gasteiger partial charge in [-0.2, -0.15) is 4.98 Å². The number of anilines is 3. The molecular formula is C17H25N5. The van der Waals surface area contributed by atoms with E-state index in [0.717, 1.165) is 24.6 Å². The highest BCUT2D eigenvalue weighted by Crippen LogP contribution is 2.19. The quantitative estimate of drug-likeness (QED) is 0.821. The number of hydrogen-bond donors (Lipinski definition) is 2. The molecule has 0 unspecified atom stereocenters. The summed E-state index contributed by atoms with van der Waals surface area (Å²) in [6.45, 7) is 6.15. The summed E-state index contributed by atoms with van der Waals surface area (Å²) in [6.07, 6.45) is 1.76. The predicted octanol–water partition coefficient (Wildman–Crippen LogP) is 3.32. The van der Waals surface area contributed by atoms with Crippen molar-refractivity contribution in [2.45, 2.75) is 19.8 Å². The first-order valence-electron chi connectivity index (χ1n) is 7.63. The molecule has 118 valence electrons. The van der Waals surface area contributed by atoms with Gasteiger partial charge >= 0.3 is 0 Å². The minimum atomic E-state index is 0.542. The van der Waals surface area contributed by atoms with Crippen molar-refractivity contribution in [2.24, 2.45) is 0 Å². The molecule has 0 spiro atoms. The molecule has 1 heterocycles. The second-order valence-corrected chi connectivity index (χ2v) is 5.90. The van der Waals surface area contributed by atoms with Gasteiger partial charge in [0.25, 0.3) is 0 Å². The zero-order valence-corrected chi connectivity index (χ0v) is 13.8. The normalized spacial score (nSPS) is 11.0. The maximum absolute atomic E-state index is 4.47. The third-order valence-corrected chi connectivity index (χ3v) is 3.35. The smallest absolute Gasteiger partial charge is 0.224 e. The number of rotatable bonds is 7. The van der Waals surface area contributed by atoms with E-state index < -0.39 is 0 Å². The molecule has 0 aliphatic carbocycles. The Morgan fingerprint density at radius 2 is 1.82 bits per heavy atom. The molecule has 5 heteroatoms. The summed E-state index contributed by atoms with van der Waals surface area (Å²) in [5, 5.41) is 6.53. The summed E-state index contributed by atoms with van der Waals surface area (Å²) in [5.74, 6) is 1.98. The Hall–Kier alpha value is -2.14. The van der Waals surface area contributed by atoms with Gasteiger partial charge in [-0.3, -0.25) is 0 Å². The zero-order chi connectivity index (χ0) is 15.9. The molecule has 0 amide bonds. The fourth-order valence-electron chi connectivity index (χ4n) is 2.00. The number of nitrogens with one attached hydrogen (secondary N) is 2. The second-order valence-electron chi connectivity index (χ2n) is 5.90. The molecule has 22 heavy (non-hydrogen) atoms. The number of aromatic nitrogens is 2. The fraction of sp³-hybridized carbons (Fsp3) is 0.412. The number of nitrogens with zero attached hydrogens (tertiary/aromatic N) is 3. The van der Waals surface area contributed by atoms with Crippen molar-refractivity contribution in [2.75, 3.05) is 37.8 Å². The minimum absolute atomic E-state index is 0.542. The summed E-state index contributed by atoms with van der Waals surface area (Å²) in [4.78, 5) is 10.8. The van der Waals surface area contributed by atoms with Gasteiger partial charge in [-0.15, -0.1) is 0 Å². The van der Waals surface area contributed by atoms with Gasteiger partial charge in [-0.1, -0.05) is 26.0 Å². The average Bonchev–Trinajstić information content (AvgIpc) is 2.48. The maximum Gasteiger partial charge on any atom is 0.224 e. The first-order chi connectivity index (χ1) is 10.5. The van der Waals surface area contributed by atoms with Gasteiger partial charge in [0.1, 0.15) is 5.82 Å². The molecule has 1 aromatic heterocycles. The number of hydrogen-bond acceptors (Lipinski definition) is 5. The Morgan fingerprint density at radius 1 is 1.09 bits per heavy atom. The maximum atomic E-state index is 4.47. The Morgan fingerprint density at radius 3 is 2.45 bits per heavy atom. The van der Waals surface area contributed by atoms with Crippen LogP contribution < -0.4 is 10.6 Å². The molecule has 0 bridgehead atoms. The Balaban J connectivity index is 1.97. The van der Waals surface area contributed by atoms with Crippen molar-refractivity contribution >= 4 is 17.5 Å². The first kappa shape index (κ1) is 16.2. The van der Waals surface area contributed by atoms with E-state index in [1.54, 1.807) is 6.20 Å². The van der Waals surface area contributed by atoms with Crippen LogP contribution in [0.3, 0.4) is 0 Å². The predicted molar refractivity (Wildman–Crippen MR) is 92.9 cm³/mol. The van der Waals surface area contributed by atoms with E-state index in [-0.39, 0.29) is 0 Å². The van der Waals surface area contributed by atoms with Gasteiger partial charge in [-0.25, -0.2) is 4.98 Å². The van der Waals surface area contributed by atoms with Gasteiger partial charge < -0.3 is 15.5 Å². The lowest BCUT2D eigenvalue weighted by Crippen LogP contribution is -2.21. The van der Waals surface area contributed by atoms with Gasteiger partial charge in [0, 0.05) is 25.0 Å². The Kier molecular flexibility index (Phi) is 5.72. The molecule has 0 saturated carbocycles. The van der Waals surface area contributed by atoms with Crippen LogP contribution in [0.25, 0.3) is 0 Å². The van der Waals surface area contributed by atoms with Crippen LogP contribution in [0.4, 0.5) is 17.5 Å². The van der Waals surface area contributed by atoms with Crippen LogP contribution >= 0.6 is 0 Å². The molecule has 2 aromatic rings. The molecule has 0 aliphatic heterocycles. The standard InChI is InChI=1S/C17H25N5/c1-13(2)14-5-7-15(8-6-14)20-16-9-10-18-17(21-16)19-11-12-22(3)4/h5-10,13H,11-12H2,1-4H3,(H2,18,19,20,21). The van der Waals surface area contributed by atoms with Gasteiger partial charge in [-0.05, 0) is 43.8 Å². The molecule has 2 rings (SSSR count). The molecule has 0 radical (unpaired) electrons. The summed E-state index contributed by atoms with van der Waals surface area (Å²) >= 11 is 0. The third kappa shape index (κ3) is 5.00. The SMILES string of the molecule is CC(C)c1ccc(Nc2ccnc(NCCN(C)C)n2)cc1. The second kappa shape index (κ2) is 7.75. The van der Waals surface area contributed by atoms with Gasteiger partial charge in [0.2, 0.25) is 5.95 Å². The fourth-order valence-corrected chi connectivity index (χ4v) is 2.00. The molecule has 5 nitrogen and oxygen atoms in total. The summed E-state index contributed by atoms with van der Waals surface area (Å²) < 4.78 is 0. The topological polar surface area (TPSA) is 53.1 Å². The highest BCUT2D eigenvalue weighted by molar-refractivity contribution is 5.57. The van der Waals surface area contributed by atoms with Crippen molar-refractivity contribution in [1.82, 2.24) is 14.9 Å². The largest absolute Gasteiger partial charge is 0.353 e. The lowest BCUT2D eigenvalue weighted by molar-refractivity contribution is 0.425. The lowest BCUT2D eigenvalue weighted by atomic mass is 10.0. The molecule has 0 atom stereocenters. The van der Waals surface area contributed by atoms with Gasteiger partial charge in [0.05, 0.1) is 0 Å². The average molecular weight is 299 g/mol. The van der Waals surface area contributed by atoms with Crippen LogP contribution in [0.15, 0.2) is 36.5 Å². The first-order valence-corrected chi connectivity index (χ1v) is 7.63. The van der Waals surface area contributed by atoms with Crippen molar-refractivity contribution < 1.29 is 0 Å². The van der Waals surface area contributed by atoms with E-state index in [9.17, 15) is 0 Å². The third-order valence-electron chi connectivity index (χ3n) is 3.35. The van der Waals surface area contributed by atoms with E-state index in [2.05, 4.69) is 63.6 Å². The minimum Gasteiger partial charge on any atom is -0.353 e. The van der Waals surface area contributed by atoms with Crippen LogP contribution in [0.2, 0.25) is 0 Å². The van der Waals surface area contributed by atoms with Crippen LogP contribution in [-0.4, -0.2) is 42.1 Å². The molecular weight excluding hydrogens is 274 g/mol. The van der Waals surface area contributed by atoms with E-state index >= 15 is 0 Å². The molecule has 0 aliphatic rings. The van der Waals surface area contributed by atoms with Crippen molar-refractivity contribution in [3.63, 3.8) is 0 Å². The van der Waals surface area contributed by atoms with E-state index in [1.165, 1.54) is 5.56 Å². The van der Waals surface area contributed by atoms with E-state index in [4.69, 9.17) is 0 Å². The summed E-state index contributed by atoms with van der Waals surface area (Å²) in [6, 6.07) is 10.3. The van der Waals surface area contributed by atoms with Crippen LogP contribution in [0.1, 0.15) is 25.3 Å². The lowest BCUT2D eigenvalue weighted by Gasteiger charge is -2.12. The summed E-state index contributed by atoms with van der Waals surface area (Å²) in [7, 11) is 4.09. The highest BCUT2D eigenvalue weighted by Gasteiger charge is 2.02. The van der Waals surface area contributed by atoms with E-state index in [0.29, 0.717) is 11.9 Å². The van der Waals surface area contributed by atoms with Crippen molar-refractivity contribution in [1.29, 1.82) is 0 Å². The van der Waals surface area contributed by atoms with Gasteiger partial charge in [0.15, 0.2) is 0 Å². The van der Waals surface area contributed by atoms with Crippen LogP contribution in [0.5, 0.6) is 0 Å². The number of likely N-dealkylation sites (N-methyl/N-ethyl adjacent to an activating group) is 1. The molecule has 1 aromatic carbocycles. The van der Waals surface area contributed by atoms with Crippen LogP contribution in [-0.2, 0) is 0 Å². The van der Waals surface area contributed by atoms with Crippen LogP contribution in [0, 0.1) is 0 Å². The molecule has 0 saturated heterocycles. The monoisotopic (exact) mass is 299 g/mol.